The van der Waals surface area contributed by atoms with Gasteiger partial charge >= 0.3 is 23.8 Å². The van der Waals surface area contributed by atoms with Gasteiger partial charge in [0.05, 0.1) is 11.3 Å². The van der Waals surface area contributed by atoms with E-state index in [1.54, 1.807) is 0 Å². The summed E-state index contributed by atoms with van der Waals surface area (Å²) < 4.78 is 0. The first-order chi connectivity index (χ1) is 20.0. The van der Waals surface area contributed by atoms with Crippen molar-refractivity contribution in [3.8, 4) is 0 Å². The van der Waals surface area contributed by atoms with Gasteiger partial charge in [0, 0.05) is 32.4 Å². The predicted octanol–water partition coefficient (Wildman–Crippen LogP) is 2.44. The summed E-state index contributed by atoms with van der Waals surface area (Å²) in [5.74, 6) is -6.90. The van der Waals surface area contributed by atoms with E-state index in [4.69, 9.17) is 0 Å². The molecule has 12 heteroatoms. The van der Waals surface area contributed by atoms with E-state index in [-0.39, 0.29) is 37.1 Å². The number of para-hydroxylation sites is 1. The molecule has 3 rings (SSSR count). The van der Waals surface area contributed by atoms with Gasteiger partial charge in [0.1, 0.15) is 6.04 Å². The van der Waals surface area contributed by atoms with Crippen molar-refractivity contribution in [2.24, 2.45) is 0 Å². The molecule has 0 saturated carbocycles. The number of aliphatic carboxylic acids is 2. The zero-order valence-corrected chi connectivity index (χ0v) is 22.8. The van der Waals surface area contributed by atoms with Crippen LogP contribution in [-0.2, 0) is 30.4 Å². The predicted molar refractivity (Wildman–Crippen MR) is 152 cm³/mol. The van der Waals surface area contributed by atoms with Gasteiger partial charge in [0.2, 0.25) is 11.8 Å². The molecule has 0 saturated heterocycles. The van der Waals surface area contributed by atoms with Gasteiger partial charge in [-0.3, -0.25) is 24.1 Å². The fraction of sp³-hybridized carbons (Fsp3) is 0.267. The third kappa shape index (κ3) is 8.13. The Morgan fingerprint density at radius 3 is 2.17 bits per heavy atom. The average molecular weight is 578 g/mol. The van der Waals surface area contributed by atoms with Gasteiger partial charge in [-0.25, -0.2) is 9.59 Å². The van der Waals surface area contributed by atoms with Crippen LogP contribution in [0.1, 0.15) is 42.1 Å². The summed E-state index contributed by atoms with van der Waals surface area (Å²) >= 11 is 0. The SMILES string of the molecule is CC(=O)N[C@@H](Cc1cccc2ccccc12)C(=O)NCCC(CCC(=O)O)N(C(=O)C(=O)O)c1ccccc1C(=O)O. The minimum absolute atomic E-state index is 0.104. The second-order valence-corrected chi connectivity index (χ2v) is 9.56. The van der Waals surface area contributed by atoms with Crippen LogP contribution in [0.5, 0.6) is 0 Å². The maximum absolute atomic E-state index is 13.2. The number of anilines is 1. The van der Waals surface area contributed by atoms with Gasteiger partial charge in [0.15, 0.2) is 0 Å². The monoisotopic (exact) mass is 577 g/mol. The van der Waals surface area contributed by atoms with Crippen LogP contribution in [0.4, 0.5) is 5.69 Å². The van der Waals surface area contributed by atoms with Gasteiger partial charge in [-0.15, -0.1) is 0 Å². The molecule has 0 aromatic heterocycles. The first-order valence-electron chi connectivity index (χ1n) is 13.1. The minimum Gasteiger partial charge on any atom is -0.481 e. The van der Waals surface area contributed by atoms with E-state index in [9.17, 15) is 44.1 Å². The highest BCUT2D eigenvalue weighted by molar-refractivity contribution is 6.37. The van der Waals surface area contributed by atoms with Crippen molar-refractivity contribution in [1.82, 2.24) is 10.6 Å². The van der Waals surface area contributed by atoms with Crippen LogP contribution < -0.4 is 15.5 Å². The van der Waals surface area contributed by atoms with E-state index in [2.05, 4.69) is 10.6 Å². The lowest BCUT2D eigenvalue weighted by atomic mass is 9.98. The summed E-state index contributed by atoms with van der Waals surface area (Å²) in [7, 11) is 0. The second kappa shape index (κ2) is 14.4. The zero-order chi connectivity index (χ0) is 30.8. The highest BCUT2D eigenvalue weighted by Crippen LogP contribution is 2.26. The number of rotatable bonds is 13. The van der Waals surface area contributed by atoms with Gasteiger partial charge in [0.25, 0.3) is 0 Å². The largest absolute Gasteiger partial charge is 0.481 e. The third-order valence-corrected chi connectivity index (χ3v) is 6.63. The maximum atomic E-state index is 13.2. The molecule has 12 nitrogen and oxygen atoms in total. The number of carbonyl (C=O) groups is 6. The van der Waals surface area contributed by atoms with Crippen LogP contribution >= 0.6 is 0 Å². The molecule has 3 amide bonds. The van der Waals surface area contributed by atoms with Crippen molar-refractivity contribution in [1.29, 1.82) is 0 Å². The minimum atomic E-state index is -1.86. The van der Waals surface area contributed by atoms with Crippen LogP contribution in [0, 0.1) is 0 Å². The summed E-state index contributed by atoms with van der Waals surface area (Å²) in [5.41, 5.74) is 0.258. The fourth-order valence-corrected chi connectivity index (χ4v) is 4.76. The molecule has 220 valence electrons. The zero-order valence-electron chi connectivity index (χ0n) is 22.8. The average Bonchev–Trinajstić information content (AvgIpc) is 2.95. The van der Waals surface area contributed by atoms with Crippen molar-refractivity contribution in [3.05, 3.63) is 77.9 Å². The molecule has 0 heterocycles. The fourth-order valence-electron chi connectivity index (χ4n) is 4.76. The van der Waals surface area contributed by atoms with E-state index < -0.39 is 54.1 Å². The van der Waals surface area contributed by atoms with E-state index >= 15 is 0 Å². The van der Waals surface area contributed by atoms with E-state index in [1.807, 2.05) is 42.5 Å². The lowest BCUT2D eigenvalue weighted by Gasteiger charge is -2.31. The highest BCUT2D eigenvalue weighted by Gasteiger charge is 2.33. The molecule has 42 heavy (non-hydrogen) atoms. The van der Waals surface area contributed by atoms with Gasteiger partial charge in [-0.05, 0) is 41.3 Å². The van der Waals surface area contributed by atoms with Crippen LogP contribution in [0.15, 0.2) is 66.7 Å². The Balaban J connectivity index is 1.85. The smallest absolute Gasteiger partial charge is 0.394 e. The van der Waals surface area contributed by atoms with E-state index in [0.29, 0.717) is 0 Å². The number of nitrogens with one attached hydrogen (secondary N) is 2. The van der Waals surface area contributed by atoms with Crippen LogP contribution in [-0.4, -0.2) is 69.6 Å². The number of aromatic carboxylic acids is 1. The first kappa shape index (κ1) is 31.3. The number of carboxylic acids is 3. The Labute approximate surface area is 240 Å². The van der Waals surface area contributed by atoms with Crippen molar-refractivity contribution in [2.45, 2.75) is 44.7 Å². The molecule has 3 aromatic carbocycles. The number of amides is 3. The molecule has 0 radical (unpaired) electrons. The molecule has 5 N–H and O–H groups in total. The summed E-state index contributed by atoms with van der Waals surface area (Å²) in [5, 5.41) is 35.6. The Kier molecular flexibility index (Phi) is 10.7. The first-order valence-corrected chi connectivity index (χ1v) is 13.1. The maximum Gasteiger partial charge on any atom is 0.394 e. The number of carboxylic acid groups (broad SMARTS) is 3. The molecule has 3 aromatic rings. The van der Waals surface area contributed by atoms with Crippen molar-refractivity contribution in [2.75, 3.05) is 11.4 Å². The number of hydrogen-bond donors (Lipinski definition) is 5. The van der Waals surface area contributed by atoms with Crippen molar-refractivity contribution < 1.29 is 44.1 Å². The standard InChI is InChI=1S/C30H31N3O9/c1-18(34)32-24(17-20-9-6-8-19-7-2-3-10-22(19)20)27(37)31-16-15-21(13-14-26(35)36)33(28(38)30(41)42)25-12-5-4-11-23(25)29(39)40/h2-12,21,24H,13-17H2,1H3,(H,31,37)(H,32,34)(H,35,36)(H,39,40)(H,41,42)/t21?,24-/m0/s1. The normalized spacial score (nSPS) is 12.1. The van der Waals surface area contributed by atoms with Crippen molar-refractivity contribution in [3.63, 3.8) is 0 Å². The molecule has 2 atom stereocenters. The third-order valence-electron chi connectivity index (χ3n) is 6.63. The Morgan fingerprint density at radius 2 is 1.50 bits per heavy atom. The quantitative estimate of drug-likeness (QED) is 0.190. The number of nitrogens with zero attached hydrogens (tertiary/aromatic N) is 1. The molecule has 0 aliphatic carbocycles. The molecule has 0 bridgehead atoms. The number of benzene rings is 3. The van der Waals surface area contributed by atoms with E-state index in [0.717, 1.165) is 21.2 Å². The number of hydrogen-bond acceptors (Lipinski definition) is 6. The molecule has 0 aliphatic heterocycles. The molecule has 0 aliphatic rings. The van der Waals surface area contributed by atoms with Gasteiger partial charge in [-0.1, -0.05) is 54.6 Å². The lowest BCUT2D eigenvalue weighted by molar-refractivity contribution is -0.149. The van der Waals surface area contributed by atoms with Crippen LogP contribution in [0.3, 0.4) is 0 Å². The summed E-state index contributed by atoms with van der Waals surface area (Å²) in [6, 6.07) is 16.4. The summed E-state index contributed by atoms with van der Waals surface area (Å²) in [6.07, 6.45) is -0.603. The molecular weight excluding hydrogens is 546 g/mol. The number of carbonyl (C=O) groups excluding carboxylic acids is 3. The Morgan fingerprint density at radius 1 is 0.833 bits per heavy atom. The summed E-state index contributed by atoms with van der Waals surface area (Å²) in [6.45, 7) is 1.15. The lowest BCUT2D eigenvalue weighted by Crippen LogP contribution is -2.49. The number of fused-ring (bicyclic) bond motifs is 1. The van der Waals surface area contributed by atoms with E-state index in [1.165, 1.54) is 31.2 Å². The molecule has 1 unspecified atom stereocenters. The van der Waals surface area contributed by atoms with Gasteiger partial charge < -0.3 is 26.0 Å². The van der Waals surface area contributed by atoms with Crippen LogP contribution in [0.2, 0.25) is 0 Å². The van der Waals surface area contributed by atoms with Crippen LogP contribution in [0.25, 0.3) is 10.8 Å². The van der Waals surface area contributed by atoms with Gasteiger partial charge in [-0.2, -0.15) is 0 Å². The topological polar surface area (TPSA) is 190 Å². The Hall–Kier alpha value is -5.26. The molecule has 0 fully saturated rings. The van der Waals surface area contributed by atoms with Crippen molar-refractivity contribution >= 4 is 52.1 Å². The summed E-state index contributed by atoms with van der Waals surface area (Å²) in [4.78, 5) is 73.6. The second-order valence-electron chi connectivity index (χ2n) is 9.56. The Bertz CT molecular complexity index is 1500. The molecular formula is C30H31N3O9. The molecule has 0 spiro atoms. The highest BCUT2D eigenvalue weighted by atomic mass is 16.4.